The highest BCUT2D eigenvalue weighted by Crippen LogP contribution is 2.30. The molecule has 0 spiro atoms. The molecule has 1 saturated heterocycles. The topological polar surface area (TPSA) is 99.6 Å². The van der Waals surface area contributed by atoms with E-state index < -0.39 is 11.6 Å². The Morgan fingerprint density at radius 3 is 2.59 bits per heavy atom. The van der Waals surface area contributed by atoms with E-state index in [0.717, 1.165) is 49.1 Å². The van der Waals surface area contributed by atoms with Crippen molar-refractivity contribution in [3.05, 3.63) is 54.0 Å². The first-order valence-electron chi connectivity index (χ1n) is 12.3. The summed E-state index contributed by atoms with van der Waals surface area (Å²) in [5, 5.41) is 6.38. The molecular formula is C26H27F2N9. The quantitative estimate of drug-likeness (QED) is 0.320. The lowest BCUT2D eigenvalue weighted by atomic mass is 10.1. The third kappa shape index (κ3) is 4.25. The first kappa shape index (κ1) is 23.3. The lowest BCUT2D eigenvalue weighted by Crippen LogP contribution is -2.43. The van der Waals surface area contributed by atoms with Crippen LogP contribution in [0.5, 0.6) is 0 Å². The molecule has 0 unspecified atom stereocenters. The molecule has 3 N–H and O–H groups in total. The molecular weight excluding hydrogens is 476 g/mol. The van der Waals surface area contributed by atoms with Gasteiger partial charge in [0.05, 0.1) is 22.7 Å². The Bertz CT molecular complexity index is 1620. The molecule has 11 heteroatoms. The molecule has 190 valence electrons. The van der Waals surface area contributed by atoms with Crippen LogP contribution >= 0.6 is 0 Å². The number of imidazole rings is 2. The van der Waals surface area contributed by atoms with Crippen molar-refractivity contribution in [2.75, 3.05) is 36.4 Å². The van der Waals surface area contributed by atoms with Crippen LogP contribution in [0, 0.1) is 18.6 Å². The number of piperazine rings is 1. The number of aryl methyl sites for hydroxylation is 1. The lowest BCUT2D eigenvalue weighted by molar-refractivity contribution is 0.589. The second kappa shape index (κ2) is 9.07. The summed E-state index contributed by atoms with van der Waals surface area (Å²) >= 11 is 0. The highest BCUT2D eigenvalue weighted by molar-refractivity contribution is 5.84. The van der Waals surface area contributed by atoms with Gasteiger partial charge in [-0.15, -0.1) is 0 Å². The Balaban J connectivity index is 1.33. The predicted octanol–water partition coefficient (Wildman–Crippen LogP) is 4.69. The molecule has 0 bridgehead atoms. The molecule has 5 aromatic rings. The zero-order valence-electron chi connectivity index (χ0n) is 20.8. The van der Waals surface area contributed by atoms with E-state index in [2.05, 4.69) is 52.6 Å². The summed E-state index contributed by atoms with van der Waals surface area (Å²) < 4.78 is 31.7. The van der Waals surface area contributed by atoms with Gasteiger partial charge < -0.3 is 19.8 Å². The third-order valence-corrected chi connectivity index (χ3v) is 6.64. The number of rotatable bonds is 5. The van der Waals surface area contributed by atoms with Gasteiger partial charge in [-0.25, -0.2) is 28.7 Å². The van der Waals surface area contributed by atoms with Crippen LogP contribution in [0.2, 0.25) is 0 Å². The average Bonchev–Trinajstić information content (AvgIpc) is 3.45. The van der Waals surface area contributed by atoms with Gasteiger partial charge in [0, 0.05) is 43.5 Å². The Labute approximate surface area is 212 Å². The van der Waals surface area contributed by atoms with Gasteiger partial charge in [-0.3, -0.25) is 5.32 Å². The Morgan fingerprint density at radius 2 is 1.81 bits per heavy atom. The number of hydrogen-bond donors (Lipinski definition) is 3. The van der Waals surface area contributed by atoms with Gasteiger partial charge in [-0.05, 0) is 51.1 Å². The fourth-order valence-corrected chi connectivity index (χ4v) is 4.97. The first-order chi connectivity index (χ1) is 17.9. The van der Waals surface area contributed by atoms with Gasteiger partial charge >= 0.3 is 0 Å². The number of nitrogens with zero attached hydrogens (tertiary/aromatic N) is 6. The first-order valence-corrected chi connectivity index (χ1v) is 12.3. The number of aromatic nitrogens is 6. The van der Waals surface area contributed by atoms with Crippen LogP contribution in [0.25, 0.3) is 33.3 Å². The SMILES string of the molecule is Cc1nc2c(F)cc(-c3nc(Nc4nc5ccc(N6CCNCC6)cc5[nH]4)ncc3F)cc2n1C(C)C. The maximum absolute atomic E-state index is 15.0. The molecule has 0 saturated carbocycles. The summed E-state index contributed by atoms with van der Waals surface area (Å²) in [4.78, 5) is 22.9. The van der Waals surface area contributed by atoms with E-state index in [4.69, 9.17) is 0 Å². The second-order valence-electron chi connectivity index (χ2n) is 9.49. The standard InChI is InChI=1S/C26H27F2N9/c1-14(2)37-15(3)31-24-18(27)10-16(11-22(24)37)23-19(28)13-30-25(34-23)35-26-32-20-5-4-17(12-21(20)33-26)36-8-6-29-7-9-36/h4-5,10-14,29H,6-9H2,1-3H3,(H2,30,32,33,34,35). The van der Waals surface area contributed by atoms with E-state index in [1.807, 2.05) is 31.4 Å². The van der Waals surface area contributed by atoms with Gasteiger partial charge in [-0.1, -0.05) is 0 Å². The number of nitrogens with one attached hydrogen (secondary N) is 3. The third-order valence-electron chi connectivity index (χ3n) is 6.64. The van der Waals surface area contributed by atoms with Crippen LogP contribution in [0.3, 0.4) is 0 Å². The number of halogens is 2. The van der Waals surface area contributed by atoms with E-state index in [0.29, 0.717) is 22.9 Å². The molecule has 9 nitrogen and oxygen atoms in total. The van der Waals surface area contributed by atoms with E-state index >= 15 is 0 Å². The zero-order chi connectivity index (χ0) is 25.7. The summed E-state index contributed by atoms with van der Waals surface area (Å²) in [6.07, 6.45) is 1.07. The molecule has 1 fully saturated rings. The van der Waals surface area contributed by atoms with Gasteiger partial charge in [0.15, 0.2) is 11.6 Å². The predicted molar refractivity (Wildman–Crippen MR) is 140 cm³/mol. The molecule has 37 heavy (non-hydrogen) atoms. The molecule has 6 rings (SSSR count). The second-order valence-corrected chi connectivity index (χ2v) is 9.49. The van der Waals surface area contributed by atoms with Crippen molar-refractivity contribution >= 4 is 39.7 Å². The normalized spacial score (nSPS) is 14.3. The molecule has 1 aliphatic rings. The number of aromatic amines is 1. The molecule has 0 radical (unpaired) electrons. The van der Waals surface area contributed by atoms with Crippen molar-refractivity contribution in [1.82, 2.24) is 34.8 Å². The number of benzene rings is 2. The summed E-state index contributed by atoms with van der Waals surface area (Å²) in [6.45, 7) is 9.61. The van der Waals surface area contributed by atoms with Crippen molar-refractivity contribution in [3.8, 4) is 11.3 Å². The highest BCUT2D eigenvalue weighted by Gasteiger charge is 2.19. The van der Waals surface area contributed by atoms with E-state index in [-0.39, 0.29) is 23.2 Å². The van der Waals surface area contributed by atoms with Crippen LogP contribution in [0.4, 0.5) is 26.4 Å². The fourth-order valence-electron chi connectivity index (χ4n) is 4.97. The van der Waals surface area contributed by atoms with E-state index in [1.165, 1.54) is 6.07 Å². The van der Waals surface area contributed by atoms with Crippen LogP contribution in [-0.4, -0.2) is 55.7 Å². The maximum atomic E-state index is 15.0. The monoisotopic (exact) mass is 503 g/mol. The number of anilines is 3. The molecule has 0 aliphatic carbocycles. The Kier molecular flexibility index (Phi) is 5.71. The van der Waals surface area contributed by atoms with Crippen LogP contribution < -0.4 is 15.5 Å². The minimum absolute atomic E-state index is 0.00966. The van der Waals surface area contributed by atoms with E-state index in [1.54, 1.807) is 6.07 Å². The molecule has 0 atom stereocenters. The summed E-state index contributed by atoms with van der Waals surface area (Å²) in [6, 6.07) is 9.11. The van der Waals surface area contributed by atoms with Crippen LogP contribution in [-0.2, 0) is 0 Å². The van der Waals surface area contributed by atoms with Gasteiger partial charge in [0.1, 0.15) is 17.0 Å². The highest BCUT2D eigenvalue weighted by atomic mass is 19.1. The van der Waals surface area contributed by atoms with Crippen LogP contribution in [0.15, 0.2) is 36.5 Å². The number of hydrogen-bond acceptors (Lipinski definition) is 7. The van der Waals surface area contributed by atoms with Crippen molar-refractivity contribution in [1.29, 1.82) is 0 Å². The summed E-state index contributed by atoms with van der Waals surface area (Å²) in [5.41, 5.74) is 3.92. The summed E-state index contributed by atoms with van der Waals surface area (Å²) in [5.74, 6) is 0.0885. The summed E-state index contributed by atoms with van der Waals surface area (Å²) in [7, 11) is 0. The van der Waals surface area contributed by atoms with Gasteiger partial charge in [0.2, 0.25) is 11.9 Å². The van der Waals surface area contributed by atoms with Gasteiger partial charge in [-0.2, -0.15) is 0 Å². The van der Waals surface area contributed by atoms with Crippen LogP contribution in [0.1, 0.15) is 25.7 Å². The maximum Gasteiger partial charge on any atom is 0.230 e. The molecule has 3 aromatic heterocycles. The number of H-pyrrole nitrogens is 1. The Hall–Kier alpha value is -4.12. The van der Waals surface area contributed by atoms with Crippen molar-refractivity contribution in [2.24, 2.45) is 0 Å². The van der Waals surface area contributed by atoms with E-state index in [9.17, 15) is 8.78 Å². The minimum atomic E-state index is -0.651. The number of fused-ring (bicyclic) bond motifs is 2. The molecule has 1 aliphatic heterocycles. The lowest BCUT2D eigenvalue weighted by Gasteiger charge is -2.29. The average molecular weight is 504 g/mol. The Morgan fingerprint density at radius 1 is 1.00 bits per heavy atom. The zero-order valence-corrected chi connectivity index (χ0v) is 20.8. The van der Waals surface area contributed by atoms with Crippen molar-refractivity contribution in [2.45, 2.75) is 26.8 Å². The molecule has 2 aromatic carbocycles. The molecule has 0 amide bonds. The smallest absolute Gasteiger partial charge is 0.230 e. The van der Waals surface area contributed by atoms with Gasteiger partial charge in [0.25, 0.3) is 0 Å². The molecule has 4 heterocycles. The fraction of sp³-hybridized carbons (Fsp3) is 0.308. The minimum Gasteiger partial charge on any atom is -0.369 e. The largest absolute Gasteiger partial charge is 0.369 e. The van der Waals surface area contributed by atoms with Crippen molar-refractivity contribution < 1.29 is 8.78 Å². The van der Waals surface area contributed by atoms with Crippen molar-refractivity contribution in [3.63, 3.8) is 0 Å².